The number of para-hydroxylation sites is 1. The van der Waals surface area contributed by atoms with Crippen molar-refractivity contribution in [3.05, 3.63) is 65.7 Å². The summed E-state index contributed by atoms with van der Waals surface area (Å²) in [4.78, 5) is 20.0. The van der Waals surface area contributed by atoms with Crippen LogP contribution in [0.15, 0.2) is 54.6 Å². The van der Waals surface area contributed by atoms with Crippen LogP contribution in [0, 0.1) is 0 Å². The Morgan fingerprint density at radius 1 is 1.10 bits per heavy atom. The first kappa shape index (κ1) is 20.8. The summed E-state index contributed by atoms with van der Waals surface area (Å²) in [6.07, 6.45) is 0. The molecule has 0 bridgehead atoms. The Morgan fingerprint density at radius 2 is 1.83 bits per heavy atom. The standard InChI is InChI=1S/C24H31N3O3/c1-24(18-28)17-25(14-19-8-4-3-5-9-19)15-20-16-26(12-13-27(20)24)23(29)21-10-6-7-11-22(21)30-2/h3-11,20,28H,12-18H2,1-2H3/t20-,24+/m1/s1. The summed E-state index contributed by atoms with van der Waals surface area (Å²) in [5, 5.41) is 10.2. The van der Waals surface area contributed by atoms with Crippen LogP contribution in [0.2, 0.25) is 0 Å². The molecule has 2 atom stereocenters. The van der Waals surface area contributed by atoms with Crippen LogP contribution in [0.25, 0.3) is 0 Å². The third-order valence-electron chi connectivity index (χ3n) is 6.42. The summed E-state index contributed by atoms with van der Waals surface area (Å²) in [6, 6.07) is 18.0. The molecule has 0 saturated carbocycles. The first-order valence-electron chi connectivity index (χ1n) is 10.6. The molecule has 0 aliphatic carbocycles. The molecule has 2 aliphatic rings. The highest BCUT2D eigenvalue weighted by molar-refractivity contribution is 5.97. The number of piperazine rings is 2. The predicted octanol–water partition coefficient (Wildman–Crippen LogP) is 2.09. The molecular formula is C24H31N3O3. The zero-order valence-electron chi connectivity index (χ0n) is 17.8. The monoisotopic (exact) mass is 409 g/mol. The third-order valence-corrected chi connectivity index (χ3v) is 6.42. The maximum Gasteiger partial charge on any atom is 0.257 e. The van der Waals surface area contributed by atoms with Crippen LogP contribution in [0.1, 0.15) is 22.8 Å². The van der Waals surface area contributed by atoms with Crippen molar-refractivity contribution in [2.75, 3.05) is 46.4 Å². The van der Waals surface area contributed by atoms with Crippen molar-refractivity contribution in [2.45, 2.75) is 25.0 Å². The largest absolute Gasteiger partial charge is 0.496 e. The van der Waals surface area contributed by atoms with Crippen LogP contribution in [-0.4, -0.2) is 83.7 Å². The van der Waals surface area contributed by atoms with E-state index in [1.54, 1.807) is 7.11 Å². The molecule has 2 saturated heterocycles. The molecule has 2 heterocycles. The van der Waals surface area contributed by atoms with Gasteiger partial charge in [-0.1, -0.05) is 42.5 Å². The van der Waals surface area contributed by atoms with E-state index in [1.807, 2.05) is 35.2 Å². The van der Waals surface area contributed by atoms with Crippen molar-refractivity contribution in [1.29, 1.82) is 0 Å². The molecule has 0 aromatic heterocycles. The normalized spacial score (nSPS) is 25.0. The Labute approximate surface area is 178 Å². The molecule has 0 radical (unpaired) electrons. The molecule has 6 nitrogen and oxygen atoms in total. The van der Waals surface area contributed by atoms with Gasteiger partial charge in [0.05, 0.1) is 24.8 Å². The second kappa shape index (κ2) is 8.76. The summed E-state index contributed by atoms with van der Waals surface area (Å²) < 4.78 is 5.40. The Kier molecular flexibility index (Phi) is 6.09. The van der Waals surface area contributed by atoms with Crippen molar-refractivity contribution >= 4 is 5.91 Å². The number of methoxy groups -OCH3 is 1. The maximum atomic E-state index is 13.2. The number of hydrogen-bond donors (Lipinski definition) is 1. The lowest BCUT2D eigenvalue weighted by Gasteiger charge is -2.56. The number of aliphatic hydroxyl groups excluding tert-OH is 1. The summed E-state index contributed by atoms with van der Waals surface area (Å²) in [7, 11) is 1.60. The van der Waals surface area contributed by atoms with E-state index in [9.17, 15) is 9.90 Å². The van der Waals surface area contributed by atoms with Gasteiger partial charge in [-0.3, -0.25) is 14.6 Å². The molecule has 1 amide bonds. The highest BCUT2D eigenvalue weighted by Crippen LogP contribution is 2.30. The molecule has 4 rings (SSSR count). The van der Waals surface area contributed by atoms with E-state index in [0.29, 0.717) is 24.4 Å². The zero-order chi connectivity index (χ0) is 21.1. The Balaban J connectivity index is 1.52. The fraction of sp³-hybridized carbons (Fsp3) is 0.458. The van der Waals surface area contributed by atoms with Crippen molar-refractivity contribution in [2.24, 2.45) is 0 Å². The fourth-order valence-corrected chi connectivity index (χ4v) is 4.94. The van der Waals surface area contributed by atoms with Gasteiger partial charge in [-0.05, 0) is 24.6 Å². The number of aliphatic hydroxyl groups is 1. The van der Waals surface area contributed by atoms with Gasteiger partial charge in [0.2, 0.25) is 0 Å². The van der Waals surface area contributed by atoms with E-state index in [4.69, 9.17) is 4.74 Å². The summed E-state index contributed by atoms with van der Waals surface area (Å²) in [5.41, 5.74) is 1.57. The Bertz CT molecular complexity index is 875. The van der Waals surface area contributed by atoms with Crippen LogP contribution >= 0.6 is 0 Å². The Hall–Kier alpha value is -2.41. The van der Waals surface area contributed by atoms with Gasteiger partial charge in [0.25, 0.3) is 5.91 Å². The third kappa shape index (κ3) is 4.08. The lowest BCUT2D eigenvalue weighted by molar-refractivity contribution is -0.0889. The second-order valence-corrected chi connectivity index (χ2v) is 8.61. The van der Waals surface area contributed by atoms with Gasteiger partial charge in [0, 0.05) is 45.3 Å². The molecule has 2 aromatic rings. The van der Waals surface area contributed by atoms with Crippen molar-refractivity contribution in [3.63, 3.8) is 0 Å². The van der Waals surface area contributed by atoms with Crippen LogP contribution in [0.4, 0.5) is 0 Å². The van der Waals surface area contributed by atoms with Crippen LogP contribution < -0.4 is 4.74 Å². The summed E-state index contributed by atoms with van der Waals surface area (Å²) >= 11 is 0. The molecule has 160 valence electrons. The number of ether oxygens (including phenoxy) is 1. The molecular weight excluding hydrogens is 378 g/mol. The summed E-state index contributed by atoms with van der Waals surface area (Å²) in [5.74, 6) is 0.623. The van der Waals surface area contributed by atoms with E-state index in [1.165, 1.54) is 5.56 Å². The number of hydrogen-bond acceptors (Lipinski definition) is 5. The zero-order valence-corrected chi connectivity index (χ0v) is 17.8. The minimum atomic E-state index is -0.308. The van der Waals surface area contributed by atoms with Gasteiger partial charge in [0.15, 0.2) is 0 Å². The topological polar surface area (TPSA) is 56.2 Å². The molecule has 2 aliphatic heterocycles. The van der Waals surface area contributed by atoms with Crippen LogP contribution in [0.3, 0.4) is 0 Å². The van der Waals surface area contributed by atoms with E-state index < -0.39 is 0 Å². The number of rotatable bonds is 5. The molecule has 1 N–H and O–H groups in total. The van der Waals surface area contributed by atoms with Gasteiger partial charge in [-0.15, -0.1) is 0 Å². The number of amides is 1. The predicted molar refractivity (Wildman–Crippen MR) is 117 cm³/mol. The van der Waals surface area contributed by atoms with E-state index >= 15 is 0 Å². The number of carbonyl (C=O) groups is 1. The van der Waals surface area contributed by atoms with Crippen molar-refractivity contribution in [3.8, 4) is 5.75 Å². The molecule has 2 aromatic carbocycles. The number of fused-ring (bicyclic) bond motifs is 1. The fourth-order valence-electron chi connectivity index (χ4n) is 4.94. The number of carbonyl (C=O) groups excluding carboxylic acids is 1. The first-order valence-corrected chi connectivity index (χ1v) is 10.6. The number of nitrogens with zero attached hydrogens (tertiary/aromatic N) is 3. The maximum absolute atomic E-state index is 13.2. The van der Waals surface area contributed by atoms with Gasteiger partial charge in [-0.25, -0.2) is 0 Å². The van der Waals surface area contributed by atoms with Gasteiger partial charge < -0.3 is 14.7 Å². The second-order valence-electron chi connectivity index (χ2n) is 8.61. The first-order chi connectivity index (χ1) is 14.5. The van der Waals surface area contributed by atoms with E-state index in [0.717, 1.165) is 26.2 Å². The average Bonchev–Trinajstić information content (AvgIpc) is 2.79. The minimum absolute atomic E-state index is 0.0120. The molecule has 0 unspecified atom stereocenters. The van der Waals surface area contributed by atoms with Crippen molar-refractivity contribution in [1.82, 2.24) is 14.7 Å². The summed E-state index contributed by atoms with van der Waals surface area (Å²) in [6.45, 7) is 6.85. The van der Waals surface area contributed by atoms with E-state index in [2.05, 4.69) is 41.0 Å². The number of benzene rings is 2. The molecule has 6 heteroatoms. The lowest BCUT2D eigenvalue weighted by Crippen LogP contribution is -2.71. The Morgan fingerprint density at radius 3 is 2.57 bits per heavy atom. The van der Waals surface area contributed by atoms with Gasteiger partial charge in [-0.2, -0.15) is 0 Å². The average molecular weight is 410 g/mol. The van der Waals surface area contributed by atoms with Gasteiger partial charge >= 0.3 is 0 Å². The molecule has 0 spiro atoms. The smallest absolute Gasteiger partial charge is 0.257 e. The van der Waals surface area contributed by atoms with Crippen molar-refractivity contribution < 1.29 is 14.6 Å². The van der Waals surface area contributed by atoms with Gasteiger partial charge in [0.1, 0.15) is 5.75 Å². The lowest BCUT2D eigenvalue weighted by atomic mass is 9.91. The van der Waals surface area contributed by atoms with E-state index in [-0.39, 0.29) is 24.1 Å². The molecule has 2 fully saturated rings. The van der Waals surface area contributed by atoms with Crippen LogP contribution in [0.5, 0.6) is 5.75 Å². The molecule has 30 heavy (non-hydrogen) atoms. The highest BCUT2D eigenvalue weighted by Gasteiger charge is 2.45. The highest BCUT2D eigenvalue weighted by atomic mass is 16.5. The SMILES string of the molecule is COc1ccccc1C(=O)N1CCN2[C@H](CN(Cc3ccccc3)C[C@@]2(C)CO)C1. The quantitative estimate of drug-likeness (QED) is 0.820. The minimum Gasteiger partial charge on any atom is -0.496 e. The van der Waals surface area contributed by atoms with Crippen LogP contribution in [-0.2, 0) is 6.54 Å².